The fraction of sp³-hybridized carbons (Fsp3) is 0.417. The summed E-state index contributed by atoms with van der Waals surface area (Å²) in [5.41, 5.74) is 0.472. The van der Waals surface area contributed by atoms with E-state index in [1.165, 1.54) is 4.31 Å². The molecule has 7 heteroatoms. The number of nitrogens with one attached hydrogen (secondary N) is 1. The number of aliphatic carboxylic acids is 1. The van der Waals surface area contributed by atoms with Crippen molar-refractivity contribution in [3.05, 3.63) is 30.3 Å². The minimum absolute atomic E-state index is 0.0253. The summed E-state index contributed by atoms with van der Waals surface area (Å²) < 4.78 is 27.9. The van der Waals surface area contributed by atoms with E-state index in [4.69, 9.17) is 5.11 Å². The summed E-state index contributed by atoms with van der Waals surface area (Å²) in [6, 6.07) is 8.55. The van der Waals surface area contributed by atoms with Crippen LogP contribution in [0, 0.1) is 5.92 Å². The Kier molecular flexibility index (Phi) is 4.06. The van der Waals surface area contributed by atoms with Gasteiger partial charge in [-0.1, -0.05) is 18.2 Å². The molecule has 0 amide bonds. The molecule has 104 valence electrons. The van der Waals surface area contributed by atoms with E-state index >= 15 is 0 Å². The molecule has 1 aliphatic heterocycles. The third-order valence-corrected chi connectivity index (χ3v) is 4.60. The van der Waals surface area contributed by atoms with E-state index in [-0.39, 0.29) is 6.54 Å². The highest BCUT2D eigenvalue weighted by Crippen LogP contribution is 2.20. The van der Waals surface area contributed by atoms with Crippen LogP contribution in [0.15, 0.2) is 30.3 Å². The van der Waals surface area contributed by atoms with Crippen molar-refractivity contribution >= 4 is 21.9 Å². The van der Waals surface area contributed by atoms with Crippen molar-refractivity contribution in [3.8, 4) is 0 Å². The van der Waals surface area contributed by atoms with Crippen molar-refractivity contribution in [2.24, 2.45) is 5.92 Å². The number of carbonyl (C=O) groups is 1. The average Bonchev–Trinajstić information content (AvgIpc) is 2.39. The lowest BCUT2D eigenvalue weighted by Crippen LogP contribution is -2.44. The molecule has 0 bridgehead atoms. The van der Waals surface area contributed by atoms with Crippen LogP contribution < -0.4 is 4.72 Å². The summed E-state index contributed by atoms with van der Waals surface area (Å²) >= 11 is 0. The molecule has 1 saturated heterocycles. The highest BCUT2D eigenvalue weighted by molar-refractivity contribution is 7.90. The van der Waals surface area contributed by atoms with Crippen molar-refractivity contribution in [2.45, 2.75) is 12.8 Å². The Hall–Kier alpha value is -1.60. The van der Waals surface area contributed by atoms with Gasteiger partial charge in [0.15, 0.2) is 0 Å². The van der Waals surface area contributed by atoms with Gasteiger partial charge in [-0.05, 0) is 25.0 Å². The van der Waals surface area contributed by atoms with Crippen LogP contribution in [0.5, 0.6) is 0 Å². The molecule has 0 aliphatic carbocycles. The van der Waals surface area contributed by atoms with Gasteiger partial charge in [0.25, 0.3) is 0 Å². The third-order valence-electron chi connectivity index (χ3n) is 3.09. The third kappa shape index (κ3) is 3.45. The van der Waals surface area contributed by atoms with E-state index < -0.39 is 22.1 Å². The number of anilines is 1. The molecule has 1 heterocycles. The van der Waals surface area contributed by atoms with E-state index in [0.717, 1.165) is 0 Å². The van der Waals surface area contributed by atoms with Crippen LogP contribution in [-0.4, -0.2) is 36.9 Å². The maximum absolute atomic E-state index is 12.1. The number of rotatable bonds is 4. The SMILES string of the molecule is O=C(O)C1CCCN(S(=O)(=O)Nc2ccccc2)C1. The van der Waals surface area contributed by atoms with Crippen molar-refractivity contribution < 1.29 is 18.3 Å². The summed E-state index contributed by atoms with van der Waals surface area (Å²) in [6.45, 7) is 0.378. The summed E-state index contributed by atoms with van der Waals surface area (Å²) in [4.78, 5) is 10.9. The van der Waals surface area contributed by atoms with Crippen LogP contribution in [-0.2, 0) is 15.0 Å². The number of para-hydroxylation sites is 1. The number of hydrogen-bond donors (Lipinski definition) is 2. The Labute approximate surface area is 112 Å². The zero-order chi connectivity index (χ0) is 13.9. The molecule has 19 heavy (non-hydrogen) atoms. The summed E-state index contributed by atoms with van der Waals surface area (Å²) in [5, 5.41) is 8.97. The second-order valence-electron chi connectivity index (χ2n) is 4.51. The predicted octanol–water partition coefficient (Wildman–Crippen LogP) is 1.14. The first-order chi connectivity index (χ1) is 8.99. The van der Waals surface area contributed by atoms with Gasteiger partial charge in [0, 0.05) is 18.8 Å². The van der Waals surface area contributed by atoms with Gasteiger partial charge in [-0.2, -0.15) is 12.7 Å². The maximum atomic E-state index is 12.1. The first-order valence-corrected chi connectivity index (χ1v) is 7.49. The van der Waals surface area contributed by atoms with E-state index in [0.29, 0.717) is 25.1 Å². The van der Waals surface area contributed by atoms with Gasteiger partial charge in [-0.25, -0.2) is 0 Å². The molecule has 1 fully saturated rings. The molecule has 2 N–H and O–H groups in total. The van der Waals surface area contributed by atoms with Crippen molar-refractivity contribution in [2.75, 3.05) is 17.8 Å². The molecule has 0 spiro atoms. The van der Waals surface area contributed by atoms with Crippen LogP contribution >= 0.6 is 0 Å². The lowest BCUT2D eigenvalue weighted by molar-refractivity contribution is -0.142. The molecule has 1 unspecified atom stereocenters. The van der Waals surface area contributed by atoms with Gasteiger partial charge in [0.1, 0.15) is 0 Å². The van der Waals surface area contributed by atoms with Gasteiger partial charge < -0.3 is 5.11 Å². The highest BCUT2D eigenvalue weighted by atomic mass is 32.2. The first-order valence-electron chi connectivity index (χ1n) is 6.05. The Balaban J connectivity index is 2.09. The molecule has 2 rings (SSSR count). The Morgan fingerprint density at radius 3 is 2.63 bits per heavy atom. The number of hydrogen-bond acceptors (Lipinski definition) is 3. The van der Waals surface area contributed by atoms with E-state index in [2.05, 4.69) is 4.72 Å². The molecule has 1 aromatic carbocycles. The number of piperidine rings is 1. The number of nitrogens with zero attached hydrogens (tertiary/aromatic N) is 1. The van der Waals surface area contributed by atoms with Crippen molar-refractivity contribution in [1.29, 1.82) is 0 Å². The van der Waals surface area contributed by atoms with Crippen LogP contribution in [0.2, 0.25) is 0 Å². The predicted molar refractivity (Wildman–Crippen MR) is 70.9 cm³/mol. The fourth-order valence-corrected chi connectivity index (χ4v) is 3.39. The molecule has 1 aliphatic rings. The lowest BCUT2D eigenvalue weighted by Gasteiger charge is -2.29. The Morgan fingerprint density at radius 2 is 2.00 bits per heavy atom. The van der Waals surface area contributed by atoms with Gasteiger partial charge >= 0.3 is 16.2 Å². The minimum atomic E-state index is -3.68. The van der Waals surface area contributed by atoms with Crippen LogP contribution in [0.4, 0.5) is 5.69 Å². The maximum Gasteiger partial charge on any atom is 0.307 e. The van der Waals surface area contributed by atoms with Crippen LogP contribution in [0.1, 0.15) is 12.8 Å². The number of carboxylic acids is 1. The Bertz CT molecular complexity index is 544. The normalized spacial score (nSPS) is 20.9. The standard InChI is InChI=1S/C12H16N2O4S/c15-12(16)10-5-4-8-14(9-10)19(17,18)13-11-6-2-1-3-7-11/h1-3,6-7,10,13H,4-5,8-9H2,(H,15,16). The zero-order valence-electron chi connectivity index (χ0n) is 10.3. The summed E-state index contributed by atoms with van der Waals surface area (Å²) in [5.74, 6) is -1.57. The number of carboxylic acid groups (broad SMARTS) is 1. The van der Waals surface area contributed by atoms with Crippen molar-refractivity contribution in [1.82, 2.24) is 4.31 Å². The molecule has 1 atom stereocenters. The zero-order valence-corrected chi connectivity index (χ0v) is 11.1. The lowest BCUT2D eigenvalue weighted by atomic mass is 10.0. The topological polar surface area (TPSA) is 86.7 Å². The van der Waals surface area contributed by atoms with Gasteiger partial charge in [0.2, 0.25) is 0 Å². The average molecular weight is 284 g/mol. The van der Waals surface area contributed by atoms with Gasteiger partial charge in [-0.15, -0.1) is 0 Å². The van der Waals surface area contributed by atoms with E-state index in [1.54, 1.807) is 30.3 Å². The summed E-state index contributed by atoms with van der Waals surface area (Å²) in [6.07, 6.45) is 1.08. The molecule has 0 radical (unpaired) electrons. The number of benzene rings is 1. The summed E-state index contributed by atoms with van der Waals surface area (Å²) in [7, 11) is -3.68. The van der Waals surface area contributed by atoms with Crippen LogP contribution in [0.3, 0.4) is 0 Å². The smallest absolute Gasteiger partial charge is 0.307 e. The van der Waals surface area contributed by atoms with E-state index in [9.17, 15) is 13.2 Å². The molecule has 0 saturated carbocycles. The molecule has 6 nitrogen and oxygen atoms in total. The quantitative estimate of drug-likeness (QED) is 0.868. The second kappa shape index (κ2) is 5.58. The molecule has 0 aromatic heterocycles. The molecular weight excluding hydrogens is 268 g/mol. The molecular formula is C12H16N2O4S. The minimum Gasteiger partial charge on any atom is -0.481 e. The Morgan fingerprint density at radius 1 is 1.32 bits per heavy atom. The largest absolute Gasteiger partial charge is 0.481 e. The fourth-order valence-electron chi connectivity index (χ4n) is 2.08. The second-order valence-corrected chi connectivity index (χ2v) is 6.18. The van der Waals surface area contributed by atoms with Gasteiger partial charge in [-0.3, -0.25) is 9.52 Å². The van der Waals surface area contributed by atoms with Gasteiger partial charge in [0.05, 0.1) is 5.92 Å². The first kappa shape index (κ1) is 13.8. The van der Waals surface area contributed by atoms with Crippen molar-refractivity contribution in [3.63, 3.8) is 0 Å². The monoisotopic (exact) mass is 284 g/mol. The highest BCUT2D eigenvalue weighted by Gasteiger charge is 2.32. The van der Waals surface area contributed by atoms with E-state index in [1.807, 2.05) is 0 Å². The molecule has 1 aromatic rings. The van der Waals surface area contributed by atoms with Crippen LogP contribution in [0.25, 0.3) is 0 Å².